The molecule has 0 bridgehead atoms. The summed E-state index contributed by atoms with van der Waals surface area (Å²) in [5.74, 6) is -1.42. The van der Waals surface area contributed by atoms with Gasteiger partial charge in [-0.3, -0.25) is 25.2 Å². The van der Waals surface area contributed by atoms with Crippen molar-refractivity contribution >= 4 is 39.3 Å². The molecule has 1 heterocycles. The van der Waals surface area contributed by atoms with E-state index in [0.29, 0.717) is 16.6 Å². The highest BCUT2D eigenvalue weighted by atomic mass is 79.9. The van der Waals surface area contributed by atoms with E-state index in [0.717, 1.165) is 5.69 Å². The Labute approximate surface area is 153 Å². The second-order valence-electron chi connectivity index (χ2n) is 5.66. The van der Waals surface area contributed by atoms with Crippen LogP contribution in [0.3, 0.4) is 0 Å². The molecule has 2 aromatic rings. The number of rotatable bonds is 3. The van der Waals surface area contributed by atoms with E-state index in [1.165, 1.54) is 0 Å². The monoisotopic (exact) mass is 401 g/mol. The van der Waals surface area contributed by atoms with Crippen molar-refractivity contribution in [2.75, 3.05) is 11.4 Å². The zero-order chi connectivity index (χ0) is 17.8. The van der Waals surface area contributed by atoms with E-state index in [1.807, 2.05) is 30.3 Å². The molecule has 1 saturated heterocycles. The van der Waals surface area contributed by atoms with Gasteiger partial charge in [0.1, 0.15) is 0 Å². The van der Waals surface area contributed by atoms with Gasteiger partial charge in [0.05, 0.1) is 11.5 Å². The molecule has 2 aromatic carbocycles. The average Bonchev–Trinajstić information content (AvgIpc) is 3.02. The first-order valence-corrected chi connectivity index (χ1v) is 8.55. The molecule has 0 spiro atoms. The lowest BCUT2D eigenvalue weighted by Gasteiger charge is -2.16. The minimum Gasteiger partial charge on any atom is -0.312 e. The van der Waals surface area contributed by atoms with Crippen molar-refractivity contribution in [3.05, 3.63) is 64.6 Å². The first kappa shape index (κ1) is 17.2. The first-order valence-electron chi connectivity index (χ1n) is 7.76. The van der Waals surface area contributed by atoms with Crippen LogP contribution < -0.4 is 15.8 Å². The van der Waals surface area contributed by atoms with Gasteiger partial charge >= 0.3 is 0 Å². The Hall–Kier alpha value is -2.67. The lowest BCUT2D eigenvalue weighted by atomic mass is 10.1. The lowest BCUT2D eigenvalue weighted by molar-refractivity contribution is -0.126. The number of amides is 3. The van der Waals surface area contributed by atoms with Gasteiger partial charge in [-0.2, -0.15) is 0 Å². The van der Waals surface area contributed by atoms with E-state index in [-0.39, 0.29) is 18.2 Å². The Morgan fingerprint density at radius 2 is 1.68 bits per heavy atom. The summed E-state index contributed by atoms with van der Waals surface area (Å²) < 4.78 is 0.632. The van der Waals surface area contributed by atoms with E-state index < -0.39 is 11.8 Å². The Morgan fingerprint density at radius 3 is 2.40 bits per heavy atom. The lowest BCUT2D eigenvalue weighted by Crippen LogP contribution is -2.45. The van der Waals surface area contributed by atoms with Crippen molar-refractivity contribution in [2.24, 2.45) is 5.92 Å². The highest BCUT2D eigenvalue weighted by Gasteiger charge is 2.35. The van der Waals surface area contributed by atoms with Crippen LogP contribution in [-0.2, 0) is 9.59 Å². The van der Waals surface area contributed by atoms with Crippen molar-refractivity contribution in [3.8, 4) is 0 Å². The van der Waals surface area contributed by atoms with E-state index >= 15 is 0 Å². The standard InChI is InChI=1S/C18H16BrN3O3/c19-15-9-5-4-8-14(15)18(25)21-20-17(24)12-10-16(23)22(11-12)13-6-2-1-3-7-13/h1-9,12H,10-11H2,(H,20,24)(H,21,25)/t12-/m0/s1. The van der Waals surface area contributed by atoms with Crippen LogP contribution in [0.1, 0.15) is 16.8 Å². The molecule has 2 N–H and O–H groups in total. The molecule has 3 amide bonds. The van der Waals surface area contributed by atoms with Gasteiger partial charge in [0.2, 0.25) is 11.8 Å². The third-order valence-corrected chi connectivity index (χ3v) is 4.67. The van der Waals surface area contributed by atoms with Crippen molar-refractivity contribution in [2.45, 2.75) is 6.42 Å². The van der Waals surface area contributed by atoms with Crippen LogP contribution >= 0.6 is 15.9 Å². The summed E-state index contributed by atoms with van der Waals surface area (Å²) >= 11 is 3.29. The normalized spacial score (nSPS) is 16.6. The molecule has 25 heavy (non-hydrogen) atoms. The zero-order valence-corrected chi connectivity index (χ0v) is 14.8. The summed E-state index contributed by atoms with van der Waals surface area (Å²) in [6, 6.07) is 16.1. The summed E-state index contributed by atoms with van der Waals surface area (Å²) in [5, 5.41) is 0. The quantitative estimate of drug-likeness (QED) is 0.774. The molecule has 1 aliphatic rings. The number of hydrogen-bond donors (Lipinski definition) is 2. The maximum atomic E-state index is 12.3. The van der Waals surface area contributed by atoms with Crippen LogP contribution in [-0.4, -0.2) is 24.3 Å². The molecular weight excluding hydrogens is 386 g/mol. The number of nitrogens with one attached hydrogen (secondary N) is 2. The van der Waals surface area contributed by atoms with Crippen LogP contribution in [0.5, 0.6) is 0 Å². The van der Waals surface area contributed by atoms with Gasteiger partial charge < -0.3 is 4.90 Å². The van der Waals surface area contributed by atoms with Crippen molar-refractivity contribution in [1.82, 2.24) is 10.9 Å². The van der Waals surface area contributed by atoms with Crippen molar-refractivity contribution < 1.29 is 14.4 Å². The number of benzene rings is 2. The SMILES string of the molecule is O=C(NNC(=O)[C@H]1CC(=O)N(c2ccccc2)C1)c1ccccc1Br. The molecule has 3 rings (SSSR count). The zero-order valence-electron chi connectivity index (χ0n) is 13.2. The fourth-order valence-corrected chi connectivity index (χ4v) is 3.14. The Kier molecular flexibility index (Phi) is 5.14. The molecule has 6 nitrogen and oxygen atoms in total. The molecule has 0 aliphatic carbocycles. The summed E-state index contributed by atoms with van der Waals surface area (Å²) in [4.78, 5) is 38.1. The largest absolute Gasteiger partial charge is 0.312 e. The smallest absolute Gasteiger partial charge is 0.270 e. The van der Waals surface area contributed by atoms with Crippen molar-refractivity contribution in [1.29, 1.82) is 0 Å². The van der Waals surface area contributed by atoms with Gasteiger partial charge in [0, 0.05) is 23.1 Å². The minimum atomic E-state index is -0.507. The van der Waals surface area contributed by atoms with Gasteiger partial charge in [-0.15, -0.1) is 0 Å². The maximum Gasteiger partial charge on any atom is 0.270 e. The Bertz CT molecular complexity index is 810. The Balaban J connectivity index is 1.58. The first-order chi connectivity index (χ1) is 12.1. The third kappa shape index (κ3) is 3.88. The van der Waals surface area contributed by atoms with Gasteiger partial charge in [-0.1, -0.05) is 30.3 Å². The predicted octanol–water partition coefficient (Wildman–Crippen LogP) is 2.26. The Morgan fingerprint density at radius 1 is 1.00 bits per heavy atom. The van der Waals surface area contributed by atoms with Gasteiger partial charge in [-0.05, 0) is 40.2 Å². The molecule has 1 atom stereocenters. The van der Waals surface area contributed by atoms with Crippen molar-refractivity contribution in [3.63, 3.8) is 0 Å². The van der Waals surface area contributed by atoms with Crippen LogP contribution in [0.2, 0.25) is 0 Å². The number of para-hydroxylation sites is 1. The fourth-order valence-electron chi connectivity index (χ4n) is 2.67. The second kappa shape index (κ2) is 7.48. The summed E-state index contributed by atoms with van der Waals surface area (Å²) in [6.45, 7) is 0.291. The average molecular weight is 402 g/mol. The van der Waals surface area contributed by atoms with E-state index in [9.17, 15) is 14.4 Å². The molecule has 128 valence electrons. The maximum absolute atomic E-state index is 12.3. The predicted molar refractivity (Wildman–Crippen MR) is 96.7 cm³/mol. The topological polar surface area (TPSA) is 78.5 Å². The molecule has 0 unspecified atom stereocenters. The highest BCUT2D eigenvalue weighted by Crippen LogP contribution is 2.24. The number of carbonyl (C=O) groups is 3. The van der Waals surface area contributed by atoms with E-state index in [1.54, 1.807) is 29.2 Å². The summed E-state index contributed by atoms with van der Waals surface area (Å²) in [5.41, 5.74) is 5.97. The van der Waals surface area contributed by atoms with Gasteiger partial charge in [0.25, 0.3) is 5.91 Å². The number of nitrogens with zero attached hydrogens (tertiary/aromatic N) is 1. The van der Waals surface area contributed by atoms with Gasteiger partial charge in [-0.25, -0.2) is 0 Å². The van der Waals surface area contributed by atoms with Crippen LogP contribution in [0.4, 0.5) is 5.69 Å². The molecule has 0 radical (unpaired) electrons. The fraction of sp³-hybridized carbons (Fsp3) is 0.167. The molecule has 0 aromatic heterocycles. The minimum absolute atomic E-state index is 0.108. The third-order valence-electron chi connectivity index (χ3n) is 3.98. The number of hydrogen-bond acceptors (Lipinski definition) is 3. The summed E-state index contributed by atoms with van der Waals surface area (Å²) in [7, 11) is 0. The number of halogens is 1. The van der Waals surface area contributed by atoms with Crippen LogP contribution in [0.25, 0.3) is 0 Å². The van der Waals surface area contributed by atoms with Gasteiger partial charge in [0.15, 0.2) is 0 Å². The highest BCUT2D eigenvalue weighted by molar-refractivity contribution is 9.10. The molecule has 1 aliphatic heterocycles. The van der Waals surface area contributed by atoms with Crippen LogP contribution in [0, 0.1) is 5.92 Å². The number of anilines is 1. The van der Waals surface area contributed by atoms with Crippen LogP contribution in [0.15, 0.2) is 59.1 Å². The second-order valence-corrected chi connectivity index (χ2v) is 6.52. The molecule has 0 saturated carbocycles. The summed E-state index contributed by atoms with van der Waals surface area (Å²) in [6.07, 6.45) is 0.117. The number of hydrazine groups is 1. The molecular formula is C18H16BrN3O3. The molecule has 7 heteroatoms. The molecule has 1 fully saturated rings. The van der Waals surface area contributed by atoms with E-state index in [4.69, 9.17) is 0 Å². The number of carbonyl (C=O) groups excluding carboxylic acids is 3. The van der Waals surface area contributed by atoms with E-state index in [2.05, 4.69) is 26.8 Å².